The van der Waals surface area contributed by atoms with E-state index in [2.05, 4.69) is 4.98 Å². The molecular formula is C9H8F3N. The van der Waals surface area contributed by atoms with Gasteiger partial charge >= 0.3 is 6.18 Å². The Hall–Kier alpha value is -1.06. The van der Waals surface area contributed by atoms with Crippen LogP contribution in [0.25, 0.3) is 0 Å². The number of hydrogen-bond acceptors (Lipinski definition) is 1. The summed E-state index contributed by atoms with van der Waals surface area (Å²) in [6.45, 7) is 0. The smallest absolute Gasteiger partial charge is 0.260 e. The highest BCUT2D eigenvalue weighted by molar-refractivity contribution is 5.28. The molecule has 0 aromatic carbocycles. The Morgan fingerprint density at radius 3 is 2.69 bits per heavy atom. The van der Waals surface area contributed by atoms with E-state index in [1.54, 1.807) is 0 Å². The summed E-state index contributed by atoms with van der Waals surface area (Å²) in [6.07, 6.45) is -1.67. The van der Waals surface area contributed by atoms with Crippen molar-refractivity contribution in [1.29, 1.82) is 0 Å². The fourth-order valence-corrected chi connectivity index (χ4v) is 1.28. The molecule has 2 rings (SSSR count). The van der Waals surface area contributed by atoms with Crippen molar-refractivity contribution in [2.45, 2.75) is 24.9 Å². The molecule has 1 aliphatic carbocycles. The van der Waals surface area contributed by atoms with Crippen LogP contribution < -0.4 is 0 Å². The van der Waals surface area contributed by atoms with Gasteiger partial charge in [0.2, 0.25) is 0 Å². The highest BCUT2D eigenvalue weighted by atomic mass is 19.4. The lowest BCUT2D eigenvalue weighted by Crippen LogP contribution is -2.09. The molecule has 1 fully saturated rings. The van der Waals surface area contributed by atoms with Crippen molar-refractivity contribution >= 4 is 0 Å². The summed E-state index contributed by atoms with van der Waals surface area (Å²) in [5.41, 5.74) is -0.638. The van der Waals surface area contributed by atoms with Crippen LogP contribution in [0.3, 0.4) is 0 Å². The first-order valence-corrected chi connectivity index (χ1v) is 4.02. The maximum Gasteiger partial charge on any atom is 0.418 e. The molecular weight excluding hydrogens is 179 g/mol. The topological polar surface area (TPSA) is 12.9 Å². The normalized spacial score (nSPS) is 18.5. The molecule has 1 nitrogen and oxygen atoms in total. The van der Waals surface area contributed by atoms with E-state index in [9.17, 15) is 13.2 Å². The minimum Gasteiger partial charge on any atom is -0.260 e. The lowest BCUT2D eigenvalue weighted by atomic mass is 10.1. The molecule has 70 valence electrons. The molecule has 0 radical (unpaired) electrons. The van der Waals surface area contributed by atoms with Crippen molar-refractivity contribution in [2.75, 3.05) is 0 Å². The van der Waals surface area contributed by atoms with Gasteiger partial charge in [0.05, 0.1) is 12.6 Å². The van der Waals surface area contributed by atoms with Crippen LogP contribution in [0.5, 0.6) is 0 Å². The first-order valence-electron chi connectivity index (χ1n) is 4.52. The van der Waals surface area contributed by atoms with Gasteiger partial charge in [-0.25, -0.2) is 0 Å². The average molecular weight is 188 g/mol. The Morgan fingerprint density at radius 2 is 2.15 bits per heavy atom. The van der Waals surface area contributed by atoms with Crippen LogP contribution in [-0.2, 0) is 6.18 Å². The molecule has 0 saturated heterocycles. The number of aromatic nitrogens is 1. The van der Waals surface area contributed by atoms with Crippen LogP contribution in [-0.4, -0.2) is 4.98 Å². The van der Waals surface area contributed by atoms with Gasteiger partial charge in [0.25, 0.3) is 0 Å². The molecule has 0 spiro atoms. The third kappa shape index (κ3) is 1.66. The number of nitrogens with zero attached hydrogens (tertiary/aromatic N) is 1. The van der Waals surface area contributed by atoms with Crippen LogP contribution in [0.4, 0.5) is 13.2 Å². The predicted molar refractivity (Wildman–Crippen MR) is 41.2 cm³/mol. The van der Waals surface area contributed by atoms with Gasteiger partial charge < -0.3 is 0 Å². The second-order valence-corrected chi connectivity index (χ2v) is 3.14. The van der Waals surface area contributed by atoms with E-state index in [1.807, 2.05) is 0 Å². The standard InChI is InChI=1S/C9H8F3N/c10-9(11,12)7-2-1-5-13-8(7)6-3-4-6/h1-2,5-6H,3-4H2/i1D. The molecule has 1 aromatic heterocycles. The Balaban J connectivity index is 2.48. The van der Waals surface area contributed by atoms with E-state index in [-0.39, 0.29) is 17.7 Å². The van der Waals surface area contributed by atoms with Crippen LogP contribution in [0.15, 0.2) is 18.3 Å². The summed E-state index contributed by atoms with van der Waals surface area (Å²) in [5, 5.41) is 0. The predicted octanol–water partition coefficient (Wildman–Crippen LogP) is 2.98. The van der Waals surface area contributed by atoms with Crippen molar-refractivity contribution in [1.82, 2.24) is 4.98 Å². The minimum absolute atomic E-state index is 0.0489. The van der Waals surface area contributed by atoms with Crippen molar-refractivity contribution in [2.24, 2.45) is 0 Å². The maximum absolute atomic E-state index is 12.5. The molecule has 1 aliphatic rings. The lowest BCUT2D eigenvalue weighted by Gasteiger charge is -2.10. The first kappa shape index (κ1) is 7.35. The van der Waals surface area contributed by atoms with E-state index >= 15 is 0 Å². The van der Waals surface area contributed by atoms with Crippen molar-refractivity contribution in [3.05, 3.63) is 29.6 Å². The molecule has 13 heavy (non-hydrogen) atoms. The van der Waals surface area contributed by atoms with E-state index in [0.29, 0.717) is 0 Å². The largest absolute Gasteiger partial charge is 0.418 e. The van der Waals surface area contributed by atoms with Gasteiger partial charge in [0.15, 0.2) is 0 Å². The fraction of sp³-hybridized carbons (Fsp3) is 0.444. The van der Waals surface area contributed by atoms with E-state index < -0.39 is 11.7 Å². The van der Waals surface area contributed by atoms with Crippen molar-refractivity contribution in [3.8, 4) is 0 Å². The molecule has 1 aromatic rings. The highest BCUT2D eigenvalue weighted by Gasteiger charge is 2.38. The molecule has 0 bridgehead atoms. The van der Waals surface area contributed by atoms with Gasteiger partial charge in [-0.1, -0.05) is 0 Å². The number of hydrogen-bond donors (Lipinski definition) is 0. The quantitative estimate of drug-likeness (QED) is 0.660. The zero-order valence-corrected chi connectivity index (χ0v) is 6.73. The Labute approximate surface area is 75.0 Å². The molecule has 0 amide bonds. The van der Waals surface area contributed by atoms with Crippen LogP contribution in [0.2, 0.25) is 0 Å². The van der Waals surface area contributed by atoms with Gasteiger partial charge in [-0.3, -0.25) is 4.98 Å². The number of alkyl halides is 3. The fourth-order valence-electron chi connectivity index (χ4n) is 1.28. The van der Waals surface area contributed by atoms with Gasteiger partial charge in [0, 0.05) is 12.1 Å². The van der Waals surface area contributed by atoms with E-state index in [0.717, 1.165) is 18.9 Å². The monoisotopic (exact) mass is 188 g/mol. The number of halogens is 3. The van der Waals surface area contributed by atoms with Gasteiger partial charge in [-0.05, 0) is 25.0 Å². The summed E-state index contributed by atoms with van der Waals surface area (Å²) >= 11 is 0. The Kier molecular flexibility index (Phi) is 1.54. The molecule has 1 saturated carbocycles. The van der Waals surface area contributed by atoms with E-state index in [4.69, 9.17) is 1.37 Å². The third-order valence-corrected chi connectivity index (χ3v) is 2.05. The molecule has 0 unspecified atom stereocenters. The van der Waals surface area contributed by atoms with Gasteiger partial charge in [0.1, 0.15) is 0 Å². The Morgan fingerprint density at radius 1 is 1.46 bits per heavy atom. The molecule has 0 atom stereocenters. The third-order valence-electron chi connectivity index (χ3n) is 2.05. The van der Waals surface area contributed by atoms with E-state index in [1.165, 1.54) is 6.20 Å². The van der Waals surface area contributed by atoms with Crippen molar-refractivity contribution < 1.29 is 14.5 Å². The summed E-state index contributed by atoms with van der Waals surface area (Å²) in [7, 11) is 0. The summed E-state index contributed by atoms with van der Waals surface area (Å²) < 4.78 is 44.6. The van der Waals surface area contributed by atoms with Crippen molar-refractivity contribution in [3.63, 3.8) is 0 Å². The van der Waals surface area contributed by atoms with Crippen LogP contribution >= 0.6 is 0 Å². The molecule has 4 heteroatoms. The highest BCUT2D eigenvalue weighted by Crippen LogP contribution is 2.44. The first-order chi connectivity index (χ1) is 6.48. The molecule has 1 heterocycles. The minimum atomic E-state index is -4.39. The summed E-state index contributed by atoms with van der Waals surface area (Å²) in [4.78, 5) is 3.70. The maximum atomic E-state index is 12.5. The number of pyridine rings is 1. The van der Waals surface area contributed by atoms with Crippen LogP contribution in [0, 0.1) is 0 Å². The summed E-state index contributed by atoms with van der Waals surface area (Å²) in [6, 6.07) is 0.655. The molecule has 0 aliphatic heterocycles. The SMILES string of the molecule is [2H]c1cnc(C2CC2)c(C(F)(F)F)c1. The van der Waals surface area contributed by atoms with Gasteiger partial charge in [-0.2, -0.15) is 13.2 Å². The zero-order chi connectivity index (χ0) is 10.3. The number of rotatable bonds is 1. The van der Waals surface area contributed by atoms with Gasteiger partial charge in [-0.15, -0.1) is 0 Å². The second-order valence-electron chi connectivity index (χ2n) is 3.14. The summed E-state index contributed by atoms with van der Waals surface area (Å²) in [5.74, 6) is -0.0489. The Bertz CT molecular complexity index is 358. The van der Waals surface area contributed by atoms with Crippen LogP contribution in [0.1, 0.15) is 31.4 Å². The second kappa shape index (κ2) is 2.72. The lowest BCUT2D eigenvalue weighted by molar-refractivity contribution is -0.138. The molecule has 0 N–H and O–H groups in total. The average Bonchev–Trinajstić information content (AvgIpc) is 2.85. The zero-order valence-electron chi connectivity index (χ0n) is 7.73.